The molecule has 1 amide bonds. The Balaban J connectivity index is 1.08. The quantitative estimate of drug-likeness (QED) is 0.403. The predicted molar refractivity (Wildman–Crippen MR) is 156 cm³/mol. The topological polar surface area (TPSA) is 112 Å². The van der Waals surface area contributed by atoms with E-state index in [1.54, 1.807) is 10.9 Å². The van der Waals surface area contributed by atoms with Gasteiger partial charge in [-0.15, -0.1) is 5.10 Å². The van der Waals surface area contributed by atoms with Crippen LogP contribution in [0.2, 0.25) is 0 Å². The van der Waals surface area contributed by atoms with Gasteiger partial charge in [-0.2, -0.15) is 0 Å². The van der Waals surface area contributed by atoms with E-state index in [1.165, 1.54) is 37.0 Å². The van der Waals surface area contributed by atoms with Gasteiger partial charge >= 0.3 is 0 Å². The number of ether oxygens (including phenoxy) is 2. The minimum absolute atomic E-state index is 0.0592. The molecule has 1 atom stereocenters. The van der Waals surface area contributed by atoms with E-state index in [-0.39, 0.29) is 23.9 Å². The van der Waals surface area contributed by atoms with Crippen molar-refractivity contribution in [3.05, 3.63) is 70.8 Å². The fourth-order valence-electron chi connectivity index (χ4n) is 6.56. The Morgan fingerprint density at radius 2 is 1.83 bits per heavy atom. The number of quaternary nitrogens is 1. The molecule has 2 saturated heterocycles. The van der Waals surface area contributed by atoms with Gasteiger partial charge < -0.3 is 25.4 Å². The van der Waals surface area contributed by atoms with Crippen molar-refractivity contribution in [2.24, 2.45) is 5.73 Å². The molecule has 1 saturated carbocycles. The first kappa shape index (κ1) is 28.6. The van der Waals surface area contributed by atoms with Crippen LogP contribution in [-0.2, 0) is 13.1 Å². The molecule has 0 spiro atoms. The van der Waals surface area contributed by atoms with Crippen molar-refractivity contribution in [1.82, 2.24) is 19.9 Å². The lowest BCUT2D eigenvalue weighted by Crippen LogP contribution is -2.81. The Bertz CT molecular complexity index is 1360. The second kappa shape index (κ2) is 13.2. The molecule has 9 nitrogen and oxygen atoms in total. The number of piperidine rings is 1. The van der Waals surface area contributed by atoms with Crippen LogP contribution in [-0.4, -0.2) is 64.2 Å². The molecule has 0 unspecified atom stereocenters. The van der Waals surface area contributed by atoms with Gasteiger partial charge in [0.1, 0.15) is 30.0 Å². The largest absolute Gasteiger partial charge is 0.490 e. The highest BCUT2D eigenvalue weighted by atomic mass is 19.1. The number of likely N-dealkylation sites (tertiary alicyclic amines) is 1. The van der Waals surface area contributed by atoms with Crippen molar-refractivity contribution < 1.29 is 24.0 Å². The van der Waals surface area contributed by atoms with Gasteiger partial charge in [-0.05, 0) is 60.2 Å². The molecule has 4 N–H and O–H groups in total. The lowest BCUT2D eigenvalue weighted by atomic mass is 9.83. The third kappa shape index (κ3) is 6.93. The van der Waals surface area contributed by atoms with Crippen LogP contribution in [0.3, 0.4) is 0 Å². The van der Waals surface area contributed by atoms with Gasteiger partial charge in [-0.25, -0.2) is 9.07 Å². The monoisotopic (exact) mass is 577 g/mol. The molecule has 42 heavy (non-hydrogen) atoms. The average Bonchev–Trinajstić information content (AvgIpc) is 3.70. The fourth-order valence-corrected chi connectivity index (χ4v) is 6.56. The number of carbonyl (C=O) groups excluding carboxylic acids is 1. The van der Waals surface area contributed by atoms with E-state index in [0.717, 1.165) is 49.2 Å². The van der Waals surface area contributed by atoms with E-state index < -0.39 is 0 Å². The van der Waals surface area contributed by atoms with Crippen molar-refractivity contribution in [1.29, 1.82) is 0 Å². The molecule has 224 valence electrons. The summed E-state index contributed by atoms with van der Waals surface area (Å²) in [6.45, 7) is 3.98. The predicted octanol–water partition coefficient (Wildman–Crippen LogP) is 3.37. The molecule has 1 aliphatic carbocycles. The Kier molecular flexibility index (Phi) is 9.00. The standard InChI is InChI=1S/C32H41FN6O3/c33-25-14-22(20-39-21-26(18-34)36-37-39)15-29(17-25)41-27-9-12-38(13-10-27)32(40)24-6-7-31(42-28-8-11-35-19-28)30(16-24)23-4-2-1-3-5-23/h6-7,14-17,21,23,27-28,35H,1-5,8-13,18-20,34H2/p+1/t28-/m0/s1. The van der Waals surface area contributed by atoms with Gasteiger partial charge in [-0.3, -0.25) is 4.79 Å². The number of nitrogens with two attached hydrogens (primary N) is 2. The molecule has 0 radical (unpaired) electrons. The molecule has 0 bridgehead atoms. The summed E-state index contributed by atoms with van der Waals surface area (Å²) in [6.07, 6.45) is 10.4. The van der Waals surface area contributed by atoms with Crippen LogP contribution in [0.25, 0.3) is 0 Å². The maximum atomic E-state index is 14.4. The van der Waals surface area contributed by atoms with Crippen molar-refractivity contribution in [3.63, 3.8) is 0 Å². The summed E-state index contributed by atoms with van der Waals surface area (Å²) in [4.78, 5) is 15.5. The molecule has 2 aromatic carbocycles. The van der Waals surface area contributed by atoms with Gasteiger partial charge in [0, 0.05) is 50.5 Å². The Morgan fingerprint density at radius 1 is 1.00 bits per heavy atom. The first-order chi connectivity index (χ1) is 20.5. The molecule has 3 aliphatic rings. The molecule has 3 heterocycles. The van der Waals surface area contributed by atoms with Gasteiger partial charge in [0.05, 0.1) is 25.0 Å². The number of rotatable bonds is 9. The number of benzene rings is 2. The van der Waals surface area contributed by atoms with Crippen molar-refractivity contribution in [3.8, 4) is 11.5 Å². The zero-order chi connectivity index (χ0) is 28.9. The van der Waals surface area contributed by atoms with E-state index >= 15 is 0 Å². The Labute approximate surface area is 246 Å². The number of amides is 1. The third-order valence-corrected chi connectivity index (χ3v) is 8.82. The van der Waals surface area contributed by atoms with Crippen LogP contribution in [0.5, 0.6) is 11.5 Å². The van der Waals surface area contributed by atoms with Crippen LogP contribution < -0.4 is 20.5 Å². The van der Waals surface area contributed by atoms with Crippen molar-refractivity contribution in [2.75, 3.05) is 26.2 Å². The highest BCUT2D eigenvalue weighted by Gasteiger charge is 2.28. The van der Waals surface area contributed by atoms with Gasteiger partial charge in [0.25, 0.3) is 5.91 Å². The average molecular weight is 578 g/mol. The first-order valence-corrected chi connectivity index (χ1v) is 15.5. The molecule has 3 aromatic rings. The van der Waals surface area contributed by atoms with Gasteiger partial charge in [-0.1, -0.05) is 24.5 Å². The minimum atomic E-state index is -0.360. The summed E-state index contributed by atoms with van der Waals surface area (Å²) >= 11 is 0. The minimum Gasteiger partial charge on any atom is -0.490 e. The lowest BCUT2D eigenvalue weighted by molar-refractivity contribution is -0.638. The molecule has 10 heteroatoms. The van der Waals surface area contributed by atoms with Crippen LogP contribution in [0.1, 0.15) is 84.5 Å². The maximum Gasteiger partial charge on any atom is 0.253 e. The van der Waals surface area contributed by atoms with E-state index in [0.29, 0.717) is 56.4 Å². The second-order valence-electron chi connectivity index (χ2n) is 11.9. The number of carbonyl (C=O) groups is 1. The maximum absolute atomic E-state index is 14.4. The van der Waals surface area contributed by atoms with Gasteiger partial charge in [0.2, 0.25) is 0 Å². The van der Waals surface area contributed by atoms with Crippen molar-refractivity contribution in [2.45, 2.75) is 82.6 Å². The van der Waals surface area contributed by atoms with Crippen LogP contribution in [0.15, 0.2) is 42.6 Å². The van der Waals surface area contributed by atoms with Crippen LogP contribution in [0, 0.1) is 5.82 Å². The third-order valence-electron chi connectivity index (χ3n) is 8.82. The van der Waals surface area contributed by atoms with E-state index in [4.69, 9.17) is 15.2 Å². The fraction of sp³-hybridized carbons (Fsp3) is 0.531. The number of nitrogens with zero attached hydrogens (tertiary/aromatic N) is 4. The van der Waals surface area contributed by atoms with Crippen LogP contribution >= 0.6 is 0 Å². The van der Waals surface area contributed by atoms with Crippen LogP contribution in [0.4, 0.5) is 4.39 Å². The highest BCUT2D eigenvalue weighted by Crippen LogP contribution is 2.39. The molecule has 2 aliphatic heterocycles. The van der Waals surface area contributed by atoms with E-state index in [1.807, 2.05) is 23.1 Å². The Morgan fingerprint density at radius 3 is 2.57 bits per heavy atom. The summed E-state index contributed by atoms with van der Waals surface area (Å²) in [5, 5.41) is 10.3. The number of hydrogen-bond donors (Lipinski definition) is 2. The molecule has 3 fully saturated rings. The lowest BCUT2D eigenvalue weighted by Gasteiger charge is -2.33. The van der Waals surface area contributed by atoms with Gasteiger partial charge in [0.15, 0.2) is 6.10 Å². The number of halogens is 1. The first-order valence-electron chi connectivity index (χ1n) is 15.5. The molecular weight excluding hydrogens is 535 g/mol. The summed E-state index contributed by atoms with van der Waals surface area (Å²) in [5.41, 5.74) is 8.97. The van der Waals surface area contributed by atoms with Crippen molar-refractivity contribution >= 4 is 5.91 Å². The summed E-state index contributed by atoms with van der Waals surface area (Å²) in [7, 11) is 0. The molecule has 1 aromatic heterocycles. The zero-order valence-electron chi connectivity index (χ0n) is 24.2. The summed E-state index contributed by atoms with van der Waals surface area (Å²) in [5.74, 6) is 1.60. The number of hydrogen-bond acceptors (Lipinski definition) is 6. The molecular formula is C32H42FN6O3+. The summed E-state index contributed by atoms with van der Waals surface area (Å²) < 4.78 is 28.7. The SMILES string of the molecule is NCc1cn(Cc2cc(F)cc(OC3CCN(C(=O)c4ccc(O[C@H]5CC[NH2+]C5)c(C5CCCCC5)c4)CC3)c2)nn1. The summed E-state index contributed by atoms with van der Waals surface area (Å²) in [6, 6.07) is 10.8. The van der Waals surface area contributed by atoms with E-state index in [2.05, 4.69) is 21.7 Å². The second-order valence-corrected chi connectivity index (χ2v) is 11.9. The Hall–Kier alpha value is -3.50. The zero-order valence-corrected chi connectivity index (χ0v) is 24.2. The van der Waals surface area contributed by atoms with E-state index in [9.17, 15) is 9.18 Å². The molecule has 6 rings (SSSR count). The highest BCUT2D eigenvalue weighted by molar-refractivity contribution is 5.94. The smallest absolute Gasteiger partial charge is 0.253 e. The number of aromatic nitrogens is 3. The normalized spacial score (nSPS) is 20.1.